The van der Waals surface area contributed by atoms with Crippen LogP contribution in [0.4, 0.5) is 5.69 Å². The summed E-state index contributed by atoms with van der Waals surface area (Å²) in [5, 5.41) is 10.4. The van der Waals surface area contributed by atoms with Gasteiger partial charge < -0.3 is 26.4 Å². The molecule has 226 valence electrons. The summed E-state index contributed by atoms with van der Waals surface area (Å²) in [5.74, 6) is 0.782. The van der Waals surface area contributed by atoms with E-state index in [0.29, 0.717) is 37.0 Å². The van der Waals surface area contributed by atoms with Gasteiger partial charge in [-0.3, -0.25) is 4.79 Å². The predicted octanol–water partition coefficient (Wildman–Crippen LogP) is 7.20. The SMILES string of the molecule is C/C=C\CC(CCC)CNC/C(CC)=C(/C)CC/C(C(N)=O)=C(/CNc1ccc([C@H](C)CC)c(COC)c1)NC. The second-order valence-corrected chi connectivity index (χ2v) is 10.9. The Kier molecular flexibility index (Phi) is 18.0. The first-order valence-corrected chi connectivity index (χ1v) is 15.3. The molecule has 40 heavy (non-hydrogen) atoms. The van der Waals surface area contributed by atoms with E-state index in [1.807, 2.05) is 7.05 Å². The fourth-order valence-corrected chi connectivity index (χ4v) is 5.19. The van der Waals surface area contributed by atoms with E-state index in [2.05, 4.69) is 87.8 Å². The molecule has 0 spiro atoms. The number of ether oxygens (including phenoxy) is 1. The number of likely N-dealkylation sites (N-methyl/N-ethyl adjacent to an activating group) is 1. The number of anilines is 1. The average Bonchev–Trinajstić information content (AvgIpc) is 2.95. The highest BCUT2D eigenvalue weighted by atomic mass is 16.5. The average molecular weight is 555 g/mol. The molecule has 2 atom stereocenters. The van der Waals surface area contributed by atoms with E-state index in [9.17, 15) is 4.79 Å². The maximum Gasteiger partial charge on any atom is 0.246 e. The molecule has 1 aromatic carbocycles. The van der Waals surface area contributed by atoms with Crippen molar-refractivity contribution >= 4 is 11.6 Å². The molecule has 1 aromatic rings. The first-order chi connectivity index (χ1) is 19.3. The van der Waals surface area contributed by atoms with Crippen molar-refractivity contribution in [3.8, 4) is 0 Å². The molecule has 0 aliphatic heterocycles. The molecule has 0 aliphatic rings. The fourth-order valence-electron chi connectivity index (χ4n) is 5.19. The molecule has 1 rings (SSSR count). The number of amides is 1. The Labute approximate surface area is 245 Å². The number of rotatable bonds is 21. The van der Waals surface area contributed by atoms with Gasteiger partial charge in [0, 0.05) is 37.7 Å². The van der Waals surface area contributed by atoms with Crippen LogP contribution in [0.15, 0.2) is 52.8 Å². The monoisotopic (exact) mass is 554 g/mol. The van der Waals surface area contributed by atoms with Gasteiger partial charge in [0.05, 0.1) is 13.2 Å². The van der Waals surface area contributed by atoms with Gasteiger partial charge in [-0.25, -0.2) is 0 Å². The fraction of sp³-hybridized carbons (Fsp3) is 0.618. The quantitative estimate of drug-likeness (QED) is 0.0954. The van der Waals surface area contributed by atoms with Gasteiger partial charge in [0.2, 0.25) is 5.91 Å². The summed E-state index contributed by atoms with van der Waals surface area (Å²) in [6, 6.07) is 6.44. The molecule has 0 fully saturated rings. The minimum atomic E-state index is -0.367. The molecular formula is C34H58N4O2. The molecule has 0 aromatic heterocycles. The summed E-state index contributed by atoms with van der Waals surface area (Å²) >= 11 is 0. The third-order valence-corrected chi connectivity index (χ3v) is 7.97. The Hall–Kier alpha value is -2.57. The van der Waals surface area contributed by atoms with E-state index in [0.717, 1.165) is 50.2 Å². The van der Waals surface area contributed by atoms with Crippen molar-refractivity contribution in [1.29, 1.82) is 0 Å². The first kappa shape index (κ1) is 35.5. The van der Waals surface area contributed by atoms with E-state index in [1.165, 1.54) is 35.1 Å². The zero-order chi connectivity index (χ0) is 29.9. The zero-order valence-electron chi connectivity index (χ0n) is 26.7. The standard InChI is InChI=1S/C34H58N4O2/c1-9-13-15-27(14-10-2)21-37-22-28(12-4)26(6)16-18-32(34(35)39)33(36-7)23-38-30-17-19-31(25(5)11-3)29(20-30)24-40-8/h9,13,17,19-20,25,27,36-38H,10-12,14-16,18,21-24H2,1-8H3,(H2,35,39)/b13-9-,28-26-,33-32+/t25-,27?/m1/s1. The van der Waals surface area contributed by atoms with E-state index in [1.54, 1.807) is 7.11 Å². The molecule has 6 heteroatoms. The molecule has 0 radical (unpaired) electrons. The van der Waals surface area contributed by atoms with Crippen molar-refractivity contribution in [2.45, 2.75) is 99.0 Å². The Morgan fingerprint density at radius 3 is 2.48 bits per heavy atom. The summed E-state index contributed by atoms with van der Waals surface area (Å²) in [5.41, 5.74) is 13.6. The summed E-state index contributed by atoms with van der Waals surface area (Å²) in [4.78, 5) is 12.5. The molecule has 0 saturated heterocycles. The largest absolute Gasteiger partial charge is 0.390 e. The maximum absolute atomic E-state index is 12.5. The molecule has 1 amide bonds. The smallest absolute Gasteiger partial charge is 0.246 e. The van der Waals surface area contributed by atoms with Crippen LogP contribution in [0.5, 0.6) is 0 Å². The van der Waals surface area contributed by atoms with Crippen LogP contribution in [-0.4, -0.2) is 39.7 Å². The normalized spacial score (nSPS) is 14.5. The molecule has 0 heterocycles. The molecule has 6 nitrogen and oxygen atoms in total. The van der Waals surface area contributed by atoms with Crippen LogP contribution >= 0.6 is 0 Å². The Bertz CT molecular complexity index is 980. The summed E-state index contributed by atoms with van der Waals surface area (Å²) in [7, 11) is 3.58. The van der Waals surface area contributed by atoms with Crippen LogP contribution in [0.1, 0.15) is 104 Å². The van der Waals surface area contributed by atoms with Crippen molar-refractivity contribution < 1.29 is 9.53 Å². The minimum Gasteiger partial charge on any atom is -0.390 e. The van der Waals surface area contributed by atoms with E-state index in [-0.39, 0.29) is 5.91 Å². The van der Waals surface area contributed by atoms with Gasteiger partial charge >= 0.3 is 0 Å². The molecule has 5 N–H and O–H groups in total. The van der Waals surface area contributed by atoms with Gasteiger partial charge in [0.25, 0.3) is 0 Å². The third-order valence-electron chi connectivity index (χ3n) is 7.97. The van der Waals surface area contributed by atoms with Crippen molar-refractivity contribution in [2.24, 2.45) is 11.7 Å². The number of hydrogen-bond donors (Lipinski definition) is 4. The molecule has 0 bridgehead atoms. The second-order valence-electron chi connectivity index (χ2n) is 10.9. The molecule has 0 aliphatic carbocycles. The van der Waals surface area contributed by atoms with Crippen LogP contribution in [0.25, 0.3) is 0 Å². The Morgan fingerprint density at radius 2 is 1.90 bits per heavy atom. The predicted molar refractivity (Wildman–Crippen MR) is 173 cm³/mol. The number of benzene rings is 1. The number of primary amides is 1. The van der Waals surface area contributed by atoms with Gasteiger partial charge in [0.1, 0.15) is 0 Å². The lowest BCUT2D eigenvalue weighted by molar-refractivity contribution is -0.114. The number of carbonyl (C=O) groups excluding carboxylic acids is 1. The van der Waals surface area contributed by atoms with Crippen LogP contribution in [0, 0.1) is 5.92 Å². The second kappa shape index (κ2) is 20.3. The third kappa shape index (κ3) is 12.3. The maximum atomic E-state index is 12.5. The van der Waals surface area contributed by atoms with Gasteiger partial charge in [-0.1, -0.05) is 63.5 Å². The number of carbonyl (C=O) groups is 1. The Morgan fingerprint density at radius 1 is 1.15 bits per heavy atom. The lowest BCUT2D eigenvalue weighted by Crippen LogP contribution is -2.26. The van der Waals surface area contributed by atoms with E-state index >= 15 is 0 Å². The number of nitrogens with two attached hydrogens (primary N) is 1. The van der Waals surface area contributed by atoms with Gasteiger partial charge in [-0.05, 0) is 94.0 Å². The molecular weight excluding hydrogens is 496 g/mol. The molecule has 0 saturated carbocycles. The van der Waals surface area contributed by atoms with Crippen molar-refractivity contribution in [2.75, 3.05) is 39.1 Å². The van der Waals surface area contributed by atoms with Crippen LogP contribution in [0.3, 0.4) is 0 Å². The van der Waals surface area contributed by atoms with E-state index in [4.69, 9.17) is 10.5 Å². The highest BCUT2D eigenvalue weighted by Gasteiger charge is 2.15. The van der Waals surface area contributed by atoms with Gasteiger partial charge in [-0.15, -0.1) is 0 Å². The highest BCUT2D eigenvalue weighted by molar-refractivity contribution is 5.92. The van der Waals surface area contributed by atoms with Gasteiger partial charge in [-0.2, -0.15) is 0 Å². The number of methoxy groups -OCH3 is 1. The van der Waals surface area contributed by atoms with E-state index < -0.39 is 0 Å². The van der Waals surface area contributed by atoms with Crippen LogP contribution < -0.4 is 21.7 Å². The number of nitrogens with one attached hydrogen (secondary N) is 3. The first-order valence-electron chi connectivity index (χ1n) is 15.3. The summed E-state index contributed by atoms with van der Waals surface area (Å²) in [6.07, 6.45) is 11.5. The van der Waals surface area contributed by atoms with Crippen LogP contribution in [0.2, 0.25) is 0 Å². The minimum absolute atomic E-state index is 0.367. The van der Waals surface area contributed by atoms with Crippen molar-refractivity contribution in [3.05, 3.63) is 63.9 Å². The summed E-state index contributed by atoms with van der Waals surface area (Å²) in [6.45, 7) is 16.2. The summed E-state index contributed by atoms with van der Waals surface area (Å²) < 4.78 is 5.46. The van der Waals surface area contributed by atoms with Crippen molar-refractivity contribution in [1.82, 2.24) is 10.6 Å². The van der Waals surface area contributed by atoms with Crippen LogP contribution in [-0.2, 0) is 16.1 Å². The lowest BCUT2D eigenvalue weighted by atomic mass is 9.93. The Balaban J connectivity index is 2.94. The van der Waals surface area contributed by atoms with Crippen molar-refractivity contribution in [3.63, 3.8) is 0 Å². The topological polar surface area (TPSA) is 88.4 Å². The molecule has 1 unspecified atom stereocenters. The highest BCUT2D eigenvalue weighted by Crippen LogP contribution is 2.26. The zero-order valence-corrected chi connectivity index (χ0v) is 26.7. The van der Waals surface area contributed by atoms with Gasteiger partial charge in [0.15, 0.2) is 0 Å². The number of allylic oxidation sites excluding steroid dienone is 3. The lowest BCUT2D eigenvalue weighted by Gasteiger charge is -2.19. The number of hydrogen-bond acceptors (Lipinski definition) is 5.